The molecule has 0 aliphatic heterocycles. The highest BCUT2D eigenvalue weighted by Crippen LogP contribution is 2.41. The molecule has 0 radical (unpaired) electrons. The highest BCUT2D eigenvalue weighted by molar-refractivity contribution is 7.24. The van der Waals surface area contributed by atoms with Gasteiger partial charge in [0.25, 0.3) is 0 Å². The van der Waals surface area contributed by atoms with Gasteiger partial charge in [-0.2, -0.15) is 0 Å². The summed E-state index contributed by atoms with van der Waals surface area (Å²) >= 11 is 4.98. The molecule has 0 amide bonds. The van der Waals surface area contributed by atoms with E-state index in [0.29, 0.717) is 0 Å². The average Bonchev–Trinajstić information content (AvgIpc) is 3.52. The quantitative estimate of drug-likeness (QED) is 0.408. The van der Waals surface area contributed by atoms with Crippen LogP contribution in [0.3, 0.4) is 0 Å². The molecule has 0 bridgehead atoms. The Morgan fingerprint density at radius 2 is 1.28 bits per heavy atom. The van der Waals surface area contributed by atoms with Crippen LogP contribution in [0.1, 0.15) is 0 Å². The molecule has 0 aliphatic rings. The van der Waals surface area contributed by atoms with E-state index in [9.17, 15) is 0 Å². The van der Waals surface area contributed by atoms with Crippen molar-refractivity contribution >= 4 is 62.0 Å². The molecule has 0 aromatic carbocycles. The number of thiophene rings is 3. The summed E-state index contributed by atoms with van der Waals surface area (Å²) in [5.74, 6) is 0. The Hall–Kier alpha value is -0.706. The Labute approximate surface area is 185 Å². The fourth-order valence-electron chi connectivity index (χ4n) is 3.30. The molecule has 0 unspecified atom stereocenters. The molecule has 3 rings (SSSR count). The van der Waals surface area contributed by atoms with Gasteiger partial charge in [-0.3, -0.25) is 0 Å². The molecule has 0 spiro atoms. The van der Waals surface area contributed by atoms with Crippen molar-refractivity contribution in [2.24, 2.45) is 0 Å². The van der Waals surface area contributed by atoms with Crippen LogP contribution in [0.25, 0.3) is 20.2 Å². The molecular weight excluding hydrogens is 465 g/mol. The van der Waals surface area contributed by atoms with Crippen LogP contribution in [-0.2, 0) is 26.6 Å². The zero-order chi connectivity index (χ0) is 21.1. The van der Waals surface area contributed by atoms with Gasteiger partial charge < -0.3 is 26.6 Å². The fourth-order valence-corrected chi connectivity index (χ4v) is 12.1. The van der Waals surface area contributed by atoms with Gasteiger partial charge in [0.15, 0.2) is 0 Å². The van der Waals surface area contributed by atoms with Gasteiger partial charge in [0.2, 0.25) is 0 Å². The van der Waals surface area contributed by atoms with E-state index in [0.717, 1.165) is 20.1 Å². The van der Waals surface area contributed by atoms with Crippen LogP contribution in [0.4, 0.5) is 0 Å². The maximum atomic E-state index is 5.88. The number of rotatable bonds is 10. The molecule has 11 heteroatoms. The number of hydrogen-bond acceptors (Lipinski definition) is 9. The van der Waals surface area contributed by atoms with Gasteiger partial charge in [-0.1, -0.05) is 6.07 Å². The summed E-state index contributed by atoms with van der Waals surface area (Å²) in [7, 11) is 3.21. The third-order valence-electron chi connectivity index (χ3n) is 4.70. The van der Waals surface area contributed by atoms with Gasteiger partial charge in [-0.05, 0) is 28.3 Å². The predicted molar refractivity (Wildman–Crippen MR) is 124 cm³/mol. The summed E-state index contributed by atoms with van der Waals surface area (Å²) in [6.45, 7) is 0. The molecule has 0 aliphatic carbocycles. The molecule has 29 heavy (non-hydrogen) atoms. The van der Waals surface area contributed by atoms with Gasteiger partial charge in [-0.25, -0.2) is 0 Å². The Morgan fingerprint density at radius 1 is 0.655 bits per heavy atom. The first-order valence-electron chi connectivity index (χ1n) is 8.61. The molecule has 3 aromatic heterocycles. The van der Waals surface area contributed by atoms with Crippen LogP contribution in [0, 0.1) is 0 Å². The second kappa shape index (κ2) is 9.62. The first-order chi connectivity index (χ1) is 14.1. The topological polar surface area (TPSA) is 55.4 Å². The van der Waals surface area contributed by atoms with E-state index in [4.69, 9.17) is 26.6 Å². The van der Waals surface area contributed by atoms with Crippen molar-refractivity contribution in [3.63, 3.8) is 0 Å². The van der Waals surface area contributed by atoms with Crippen LogP contribution in [0.15, 0.2) is 34.3 Å². The first-order valence-corrected chi connectivity index (χ1v) is 14.7. The van der Waals surface area contributed by atoms with Crippen LogP contribution < -0.4 is 10.4 Å². The Morgan fingerprint density at radius 3 is 1.79 bits per heavy atom. The standard InChI is InChI=1S/C18H24O6S3Si2/c1-19-28(20-2,21-3)15-12-27-17(18(15)29(22-4,23-5)24-6)16-13(9-11-26-16)14-8-7-10-25-14/h7-12H,1-6H3. The molecule has 0 saturated heterocycles. The minimum absolute atomic E-state index is 0.813. The lowest BCUT2D eigenvalue weighted by Crippen LogP contribution is -2.68. The summed E-state index contributed by atoms with van der Waals surface area (Å²) in [6.07, 6.45) is 0. The molecule has 3 heterocycles. The van der Waals surface area contributed by atoms with E-state index in [2.05, 4.69) is 29.0 Å². The SMILES string of the molecule is CO[Si](OC)(OC)c1csc(-c2sccc2-c2cccs2)c1[Si](OC)(OC)OC. The predicted octanol–water partition coefficient (Wildman–Crippen LogP) is 3.38. The zero-order valence-corrected chi connectivity index (χ0v) is 21.6. The lowest BCUT2D eigenvalue weighted by molar-refractivity contribution is 0.135. The summed E-state index contributed by atoms with van der Waals surface area (Å²) in [5, 5.41) is 7.84. The monoisotopic (exact) mass is 488 g/mol. The molecule has 158 valence electrons. The zero-order valence-electron chi connectivity index (χ0n) is 17.1. The van der Waals surface area contributed by atoms with Crippen molar-refractivity contribution in [3.05, 3.63) is 34.3 Å². The van der Waals surface area contributed by atoms with Crippen molar-refractivity contribution in [1.29, 1.82) is 0 Å². The molecule has 0 N–H and O–H groups in total. The summed E-state index contributed by atoms with van der Waals surface area (Å²) in [6, 6.07) is 6.31. The average molecular weight is 489 g/mol. The Balaban J connectivity index is 2.32. The lowest BCUT2D eigenvalue weighted by atomic mass is 10.2. The largest absolute Gasteiger partial charge is 0.538 e. The smallest absolute Gasteiger partial charge is 0.373 e. The Bertz CT molecular complexity index is 900. The third-order valence-corrected chi connectivity index (χ3v) is 13.7. The van der Waals surface area contributed by atoms with E-state index < -0.39 is 17.6 Å². The van der Waals surface area contributed by atoms with Crippen molar-refractivity contribution in [2.45, 2.75) is 0 Å². The summed E-state index contributed by atoms with van der Waals surface area (Å²) in [4.78, 5) is 3.36. The van der Waals surface area contributed by atoms with Crippen molar-refractivity contribution in [3.8, 4) is 20.2 Å². The lowest BCUT2D eigenvalue weighted by Gasteiger charge is -2.30. The molecule has 6 nitrogen and oxygen atoms in total. The van der Waals surface area contributed by atoms with E-state index in [-0.39, 0.29) is 0 Å². The van der Waals surface area contributed by atoms with E-state index >= 15 is 0 Å². The van der Waals surface area contributed by atoms with Gasteiger partial charge in [-0.15, -0.1) is 34.0 Å². The van der Waals surface area contributed by atoms with Gasteiger partial charge in [0, 0.05) is 63.5 Å². The molecule has 3 aromatic rings. The van der Waals surface area contributed by atoms with E-state index in [1.54, 1.807) is 76.7 Å². The van der Waals surface area contributed by atoms with Crippen LogP contribution in [-0.4, -0.2) is 60.3 Å². The van der Waals surface area contributed by atoms with Crippen LogP contribution >= 0.6 is 34.0 Å². The number of hydrogen-bond donors (Lipinski definition) is 0. The highest BCUT2D eigenvalue weighted by atomic mass is 32.1. The second-order valence-corrected chi connectivity index (χ2v) is 14.3. The van der Waals surface area contributed by atoms with Gasteiger partial charge in [0.05, 0.1) is 9.75 Å². The minimum atomic E-state index is -3.24. The second-order valence-electron chi connectivity index (χ2n) is 5.83. The third kappa shape index (κ3) is 3.86. The summed E-state index contributed by atoms with van der Waals surface area (Å²) in [5.41, 5.74) is 1.17. The van der Waals surface area contributed by atoms with Gasteiger partial charge in [0.1, 0.15) is 0 Å². The van der Waals surface area contributed by atoms with Crippen molar-refractivity contribution < 1.29 is 26.6 Å². The van der Waals surface area contributed by atoms with E-state index in [1.165, 1.54) is 10.4 Å². The highest BCUT2D eigenvalue weighted by Gasteiger charge is 2.54. The maximum absolute atomic E-state index is 5.88. The Kier molecular flexibility index (Phi) is 7.62. The molecule has 0 atom stereocenters. The van der Waals surface area contributed by atoms with E-state index in [1.807, 2.05) is 5.38 Å². The van der Waals surface area contributed by atoms with Crippen molar-refractivity contribution in [1.82, 2.24) is 0 Å². The minimum Gasteiger partial charge on any atom is -0.373 e. The molecule has 0 saturated carbocycles. The van der Waals surface area contributed by atoms with Crippen molar-refractivity contribution in [2.75, 3.05) is 42.7 Å². The fraction of sp³-hybridized carbons (Fsp3) is 0.333. The molecule has 0 fully saturated rings. The summed E-state index contributed by atoms with van der Waals surface area (Å²) < 4.78 is 35.0. The van der Waals surface area contributed by atoms with Crippen LogP contribution in [0.5, 0.6) is 0 Å². The van der Waals surface area contributed by atoms with Gasteiger partial charge >= 0.3 is 17.6 Å². The first kappa shape index (κ1) is 23.0. The molecular formula is C18H24O6S3Si2. The van der Waals surface area contributed by atoms with Crippen LogP contribution in [0.2, 0.25) is 0 Å². The maximum Gasteiger partial charge on any atom is 0.538 e. The normalized spacial score (nSPS) is 12.6.